The van der Waals surface area contributed by atoms with E-state index in [2.05, 4.69) is 103 Å². The largest absolute Gasteiger partial charge is 0.0564 e. The molecule has 0 amide bonds. The topological polar surface area (TPSA) is 0 Å². The Morgan fingerprint density at radius 1 is 0.333 bits per heavy atom. The fourth-order valence-corrected chi connectivity index (χ4v) is 10.7. The van der Waals surface area contributed by atoms with Gasteiger partial charge in [-0.25, -0.2) is 0 Å². The van der Waals surface area contributed by atoms with Gasteiger partial charge in [0.15, 0.2) is 0 Å². The van der Waals surface area contributed by atoms with Crippen molar-refractivity contribution < 1.29 is 0 Å². The van der Waals surface area contributed by atoms with Crippen LogP contribution in [0.1, 0.15) is 74.5 Å². The third-order valence-electron chi connectivity index (χ3n) is 5.27. The Labute approximate surface area is 296 Å². The Balaban J connectivity index is 0.000000827. The molecule has 2 rings (SSSR count). The van der Waals surface area contributed by atoms with E-state index in [-0.39, 0.29) is 0 Å². The molecule has 0 saturated heterocycles. The van der Waals surface area contributed by atoms with Crippen LogP contribution in [-0.4, -0.2) is 89.7 Å². The predicted molar refractivity (Wildman–Crippen MR) is 192 cm³/mol. The molecule has 0 radical (unpaired) electrons. The standard InChI is InChI=1S/C27H30Se6.C9H12/c1-4-16-28-22-10-12-24-30-18-6-2-8-20-32-26-14-15-27-33-21-9-3-7-19-31-25-13-11-23-29-17-5-1;1-7-4-8(2)6-9(3)5-7/h1-9,16-21H2;4-6H,1-3H3. The van der Waals surface area contributed by atoms with Gasteiger partial charge < -0.3 is 0 Å². The molecule has 0 nitrogen and oxygen atoms in total. The van der Waals surface area contributed by atoms with E-state index in [9.17, 15) is 0 Å². The molecule has 1 aromatic rings. The zero-order chi connectivity index (χ0) is 30.2. The number of aryl methyl sites for hydroxylation is 3. The van der Waals surface area contributed by atoms with Gasteiger partial charge in [0.25, 0.3) is 0 Å². The quantitative estimate of drug-likeness (QED) is 0.203. The van der Waals surface area contributed by atoms with Crippen LogP contribution < -0.4 is 0 Å². The monoisotopic (exact) mass is 954 g/mol. The van der Waals surface area contributed by atoms with Gasteiger partial charge in [0, 0.05) is 0 Å². The van der Waals surface area contributed by atoms with Crippen molar-refractivity contribution in [2.45, 2.75) is 110 Å². The van der Waals surface area contributed by atoms with Crippen LogP contribution in [-0.2, 0) is 0 Å². The van der Waals surface area contributed by atoms with Crippen LogP contribution in [0, 0.1) is 85.2 Å². The van der Waals surface area contributed by atoms with Crippen molar-refractivity contribution in [1.29, 1.82) is 0 Å². The Bertz CT molecular complexity index is 1000. The summed E-state index contributed by atoms with van der Waals surface area (Å²) in [6, 6.07) is 6.56. The first-order valence-electron chi connectivity index (χ1n) is 14.4. The molecule has 0 saturated carbocycles. The van der Waals surface area contributed by atoms with Crippen LogP contribution in [0.4, 0.5) is 0 Å². The first kappa shape index (κ1) is 39.7. The van der Waals surface area contributed by atoms with Crippen LogP contribution >= 0.6 is 0 Å². The van der Waals surface area contributed by atoms with Crippen molar-refractivity contribution in [3.63, 3.8) is 0 Å². The summed E-state index contributed by atoms with van der Waals surface area (Å²) in [6.07, 6.45) is 11.8. The molecule has 0 fully saturated rings. The minimum Gasteiger partial charge on any atom is -0.0564 e. The minimum absolute atomic E-state index is 0.443. The fourth-order valence-electron chi connectivity index (χ4n) is 3.45. The van der Waals surface area contributed by atoms with E-state index in [1.54, 1.807) is 0 Å². The molecule has 0 atom stereocenters. The van der Waals surface area contributed by atoms with E-state index >= 15 is 0 Å². The second-order valence-corrected chi connectivity index (χ2v) is 20.6. The van der Waals surface area contributed by atoms with E-state index < -0.39 is 0 Å². The normalized spacial score (nSPS) is 16.4. The maximum atomic E-state index is 3.27. The molecular weight excluding hydrogens is 906 g/mol. The summed E-state index contributed by atoms with van der Waals surface area (Å²) < 4.78 is 0. The zero-order valence-electron chi connectivity index (χ0n) is 25.3. The van der Waals surface area contributed by atoms with Gasteiger partial charge in [-0.15, -0.1) is 0 Å². The van der Waals surface area contributed by atoms with Gasteiger partial charge in [-0.3, -0.25) is 0 Å². The molecule has 1 aliphatic rings. The van der Waals surface area contributed by atoms with Gasteiger partial charge in [-0.05, 0) is 20.8 Å². The third-order valence-corrected chi connectivity index (χ3v) is 14.6. The molecule has 1 heterocycles. The summed E-state index contributed by atoms with van der Waals surface area (Å²) in [5, 5.41) is 7.57. The first-order chi connectivity index (χ1) is 20.7. The van der Waals surface area contributed by atoms with Crippen molar-refractivity contribution in [3.05, 3.63) is 34.9 Å². The summed E-state index contributed by atoms with van der Waals surface area (Å²) >= 11 is 2.66. The van der Waals surface area contributed by atoms with Gasteiger partial charge in [0.05, 0.1) is 0 Å². The smallest absolute Gasteiger partial charge is 0.0398 e. The molecule has 6 heteroatoms. The van der Waals surface area contributed by atoms with E-state index in [1.807, 2.05) is 0 Å². The Morgan fingerprint density at radius 3 is 0.714 bits per heavy atom. The maximum Gasteiger partial charge on any atom is -0.0398 e. The molecule has 0 N–H and O–H groups in total. The van der Waals surface area contributed by atoms with Crippen molar-refractivity contribution in [2.75, 3.05) is 0 Å². The van der Waals surface area contributed by atoms with E-state index in [1.165, 1.54) is 106 Å². The van der Waals surface area contributed by atoms with E-state index in [0.717, 1.165) is 0 Å². The third kappa shape index (κ3) is 29.8. The average molecular weight is 948 g/mol. The van der Waals surface area contributed by atoms with Gasteiger partial charge in [-0.1, -0.05) is 34.9 Å². The second kappa shape index (κ2) is 32.1. The Hall–Kier alpha value is -0.303. The number of hydrogen-bond acceptors (Lipinski definition) is 0. The SMILES string of the molecule is C1#C[Se]CCCCC[Se]C#CC#C[Se]CCCCC[Se]C#CC#C[Se]CCCCC[Se]C#C1.Cc1cc(C)cc(C)c1. The molecule has 1 aromatic carbocycles. The maximum absolute atomic E-state index is 3.27. The zero-order valence-corrected chi connectivity index (χ0v) is 35.6. The Kier molecular flexibility index (Phi) is 30.4. The van der Waals surface area contributed by atoms with Crippen LogP contribution in [0.2, 0.25) is 31.9 Å². The molecule has 42 heavy (non-hydrogen) atoms. The molecule has 0 bridgehead atoms. The van der Waals surface area contributed by atoms with Crippen LogP contribution in [0.3, 0.4) is 0 Å². The van der Waals surface area contributed by atoms with Gasteiger partial charge >= 0.3 is 244 Å². The molecule has 0 spiro atoms. The number of rotatable bonds is 0. The van der Waals surface area contributed by atoms with Crippen molar-refractivity contribution in [2.24, 2.45) is 0 Å². The molecule has 1 aliphatic heterocycles. The summed E-state index contributed by atoms with van der Waals surface area (Å²) in [5.41, 5.74) is 4.06. The van der Waals surface area contributed by atoms with Crippen molar-refractivity contribution in [3.8, 4) is 64.4 Å². The molecule has 0 aromatic heterocycles. The summed E-state index contributed by atoms with van der Waals surface area (Å²) in [4.78, 5) is 19.6. The van der Waals surface area contributed by atoms with Gasteiger partial charge in [-0.2, -0.15) is 0 Å². The summed E-state index contributed by atoms with van der Waals surface area (Å²) in [5.74, 6) is 18.4. The van der Waals surface area contributed by atoms with Gasteiger partial charge in [0.1, 0.15) is 0 Å². The fraction of sp³-hybridized carbons (Fsp3) is 0.500. The van der Waals surface area contributed by atoms with Crippen LogP contribution in [0.5, 0.6) is 0 Å². The Morgan fingerprint density at radius 2 is 0.524 bits per heavy atom. The molecule has 0 aliphatic carbocycles. The van der Waals surface area contributed by atoms with Crippen molar-refractivity contribution >= 4 is 89.7 Å². The minimum atomic E-state index is 0.443. The average Bonchev–Trinajstić information content (AvgIpc) is 2.96. The van der Waals surface area contributed by atoms with E-state index in [0.29, 0.717) is 89.7 Å². The van der Waals surface area contributed by atoms with Gasteiger partial charge in [0.2, 0.25) is 0 Å². The van der Waals surface area contributed by atoms with E-state index in [4.69, 9.17) is 0 Å². The number of hydrogen-bond donors (Lipinski definition) is 0. The van der Waals surface area contributed by atoms with Crippen molar-refractivity contribution in [1.82, 2.24) is 0 Å². The van der Waals surface area contributed by atoms with Crippen LogP contribution in [0.15, 0.2) is 18.2 Å². The molecule has 222 valence electrons. The first-order valence-corrected chi connectivity index (χ1v) is 26.8. The second-order valence-electron chi connectivity index (χ2n) is 9.30. The predicted octanol–water partition coefficient (Wildman–Crippen LogP) is 6.62. The summed E-state index contributed by atoms with van der Waals surface area (Å²) in [6.45, 7) is 6.38. The summed E-state index contributed by atoms with van der Waals surface area (Å²) in [7, 11) is 0. The van der Waals surface area contributed by atoms with Crippen LogP contribution in [0.25, 0.3) is 0 Å². The number of benzene rings is 1. The molecular formula is C36H42Se6. The molecule has 0 unspecified atom stereocenters.